The molecule has 3 aromatic carbocycles. The van der Waals surface area contributed by atoms with Gasteiger partial charge < -0.3 is 9.88 Å². The van der Waals surface area contributed by atoms with Gasteiger partial charge in [-0.3, -0.25) is 9.69 Å². The maximum Gasteiger partial charge on any atom is 0.251 e. The molecule has 1 amide bonds. The van der Waals surface area contributed by atoms with Crippen LogP contribution in [0.5, 0.6) is 0 Å². The Morgan fingerprint density at radius 2 is 1.53 bits per heavy atom. The van der Waals surface area contributed by atoms with E-state index in [9.17, 15) is 13.2 Å². The van der Waals surface area contributed by atoms with Gasteiger partial charge in [0.1, 0.15) is 5.82 Å². The number of hydrogen-bond donors (Lipinski definition) is 1. The average molecular weight is 530 g/mol. The largest absolute Gasteiger partial charge is 0.348 e. The Morgan fingerprint density at radius 3 is 2.16 bits per heavy atom. The Kier molecular flexibility index (Phi) is 7.69. The monoisotopic (exact) mass is 529 g/mol. The van der Waals surface area contributed by atoms with E-state index >= 15 is 0 Å². The number of carbonyl (C=O) groups excluding carboxylic acids is 1. The minimum Gasteiger partial charge on any atom is -0.348 e. The van der Waals surface area contributed by atoms with E-state index in [2.05, 4.69) is 15.2 Å². The van der Waals surface area contributed by atoms with Crippen molar-refractivity contribution in [3.05, 3.63) is 114 Å². The Bertz CT molecular complexity index is 1480. The van der Waals surface area contributed by atoms with Gasteiger partial charge >= 0.3 is 0 Å². The number of nitrogens with zero attached hydrogens (tertiary/aromatic N) is 4. The summed E-state index contributed by atoms with van der Waals surface area (Å²) in [5.41, 5.74) is 3.75. The summed E-state index contributed by atoms with van der Waals surface area (Å²) in [7, 11) is -3.45. The minimum atomic E-state index is -3.45. The number of piperazine rings is 1. The highest BCUT2D eigenvalue weighted by molar-refractivity contribution is 7.89. The van der Waals surface area contributed by atoms with Gasteiger partial charge in [-0.25, -0.2) is 13.4 Å². The molecule has 0 atom stereocenters. The first-order valence-electron chi connectivity index (χ1n) is 12.6. The maximum atomic E-state index is 12.8. The van der Waals surface area contributed by atoms with Crippen LogP contribution in [0.4, 0.5) is 0 Å². The smallest absolute Gasteiger partial charge is 0.251 e. The lowest BCUT2D eigenvalue weighted by Crippen LogP contribution is -2.48. The van der Waals surface area contributed by atoms with Crippen LogP contribution in [-0.2, 0) is 23.1 Å². The molecule has 1 saturated heterocycles. The molecular formula is C29H31N5O3S. The van der Waals surface area contributed by atoms with E-state index in [-0.39, 0.29) is 5.91 Å². The number of sulfonamides is 1. The molecule has 38 heavy (non-hydrogen) atoms. The van der Waals surface area contributed by atoms with Gasteiger partial charge in [0.25, 0.3) is 5.91 Å². The highest BCUT2D eigenvalue weighted by Gasteiger charge is 2.28. The van der Waals surface area contributed by atoms with Crippen LogP contribution in [0, 0.1) is 6.92 Å². The van der Waals surface area contributed by atoms with Gasteiger partial charge in [0, 0.05) is 62.9 Å². The first-order chi connectivity index (χ1) is 18.4. The molecule has 0 radical (unpaired) electrons. The van der Waals surface area contributed by atoms with Crippen LogP contribution in [0.3, 0.4) is 0 Å². The number of aryl methyl sites for hydroxylation is 1. The average Bonchev–Trinajstić information content (AvgIpc) is 3.39. The van der Waals surface area contributed by atoms with Crippen LogP contribution in [0.2, 0.25) is 0 Å². The predicted octanol–water partition coefficient (Wildman–Crippen LogP) is 3.62. The van der Waals surface area contributed by atoms with Crippen LogP contribution < -0.4 is 5.32 Å². The van der Waals surface area contributed by atoms with Crippen LogP contribution in [0.15, 0.2) is 96.2 Å². The number of imidazole rings is 1. The fraction of sp³-hybridized carbons (Fsp3) is 0.241. The van der Waals surface area contributed by atoms with Crippen molar-refractivity contribution in [2.75, 3.05) is 26.2 Å². The molecule has 4 aromatic rings. The number of rotatable bonds is 8. The van der Waals surface area contributed by atoms with Crippen molar-refractivity contribution >= 4 is 15.9 Å². The van der Waals surface area contributed by atoms with Gasteiger partial charge in [-0.05, 0) is 54.4 Å². The third-order valence-corrected chi connectivity index (χ3v) is 8.74. The molecule has 196 valence electrons. The fourth-order valence-corrected chi connectivity index (χ4v) is 6.04. The highest BCUT2D eigenvalue weighted by Crippen LogP contribution is 2.18. The lowest BCUT2D eigenvalue weighted by atomic mass is 10.1. The quantitative estimate of drug-likeness (QED) is 0.377. The van der Waals surface area contributed by atoms with E-state index in [1.54, 1.807) is 34.8 Å². The molecule has 1 aliphatic heterocycles. The summed E-state index contributed by atoms with van der Waals surface area (Å²) in [4.78, 5) is 19.5. The maximum absolute atomic E-state index is 12.8. The third kappa shape index (κ3) is 5.85. The molecule has 1 aromatic heterocycles. The molecule has 9 heteroatoms. The van der Waals surface area contributed by atoms with Gasteiger partial charge in [-0.1, -0.05) is 42.5 Å². The molecule has 1 aliphatic rings. The standard InChI is InChI=1S/C29H31N5O3S/c1-23-30-15-16-34(23)27-13-9-24(10-14-27)21-31-29(35)26-11-7-25(8-12-26)22-32-17-19-33(20-18-32)38(36,37)28-5-3-2-4-6-28/h2-16H,17-22H2,1H3,(H,31,35). The van der Waals surface area contributed by atoms with Crippen molar-refractivity contribution in [2.45, 2.75) is 24.9 Å². The van der Waals surface area contributed by atoms with Crippen molar-refractivity contribution < 1.29 is 13.2 Å². The molecule has 0 saturated carbocycles. The van der Waals surface area contributed by atoms with Crippen molar-refractivity contribution in [3.63, 3.8) is 0 Å². The minimum absolute atomic E-state index is 0.120. The SMILES string of the molecule is Cc1nccn1-c1ccc(CNC(=O)c2ccc(CN3CCN(S(=O)(=O)c4ccccc4)CC3)cc2)cc1. The Labute approximate surface area is 223 Å². The van der Waals surface area contributed by atoms with Crippen LogP contribution >= 0.6 is 0 Å². The first kappa shape index (κ1) is 25.8. The van der Waals surface area contributed by atoms with Gasteiger partial charge in [-0.2, -0.15) is 4.31 Å². The summed E-state index contributed by atoms with van der Waals surface area (Å²) < 4.78 is 29.2. The first-order valence-corrected chi connectivity index (χ1v) is 14.1. The number of benzene rings is 3. The summed E-state index contributed by atoms with van der Waals surface area (Å²) in [6.45, 7) is 5.35. The van der Waals surface area contributed by atoms with Crippen molar-refractivity contribution in [2.24, 2.45) is 0 Å². The second-order valence-corrected chi connectivity index (χ2v) is 11.3. The third-order valence-electron chi connectivity index (χ3n) is 6.83. The van der Waals surface area contributed by atoms with Crippen LogP contribution in [0.1, 0.15) is 27.3 Å². The van der Waals surface area contributed by atoms with E-state index in [4.69, 9.17) is 0 Å². The predicted molar refractivity (Wildman–Crippen MR) is 146 cm³/mol. The van der Waals surface area contributed by atoms with Crippen molar-refractivity contribution in [1.82, 2.24) is 24.1 Å². The molecule has 0 unspecified atom stereocenters. The number of hydrogen-bond acceptors (Lipinski definition) is 5. The number of carbonyl (C=O) groups is 1. The van der Waals surface area contributed by atoms with E-state index < -0.39 is 10.0 Å². The van der Waals surface area contributed by atoms with Gasteiger partial charge in [0.15, 0.2) is 0 Å². The number of amides is 1. The molecular weight excluding hydrogens is 498 g/mol. The molecule has 0 bridgehead atoms. The molecule has 0 spiro atoms. The van der Waals surface area contributed by atoms with Gasteiger partial charge in [-0.15, -0.1) is 0 Å². The van der Waals surface area contributed by atoms with E-state index in [0.29, 0.717) is 49.7 Å². The Hall–Kier alpha value is -3.79. The topological polar surface area (TPSA) is 87.5 Å². The van der Waals surface area contributed by atoms with Crippen molar-refractivity contribution in [3.8, 4) is 5.69 Å². The second kappa shape index (κ2) is 11.3. The number of nitrogens with one attached hydrogen (secondary N) is 1. The molecule has 1 N–H and O–H groups in total. The summed E-state index contributed by atoms with van der Waals surface area (Å²) >= 11 is 0. The molecule has 0 aliphatic carbocycles. The molecule has 5 rings (SSSR count). The molecule has 8 nitrogen and oxygen atoms in total. The fourth-order valence-electron chi connectivity index (χ4n) is 4.60. The Balaban J connectivity index is 1.10. The normalized spacial score (nSPS) is 14.9. The lowest BCUT2D eigenvalue weighted by molar-refractivity contribution is 0.0951. The molecule has 1 fully saturated rings. The van der Waals surface area contributed by atoms with E-state index in [0.717, 1.165) is 22.6 Å². The highest BCUT2D eigenvalue weighted by atomic mass is 32.2. The summed E-state index contributed by atoms with van der Waals surface area (Å²) in [6, 6.07) is 24.2. The van der Waals surface area contributed by atoms with Crippen LogP contribution in [-0.4, -0.2) is 59.3 Å². The Morgan fingerprint density at radius 1 is 0.868 bits per heavy atom. The zero-order chi connectivity index (χ0) is 26.5. The zero-order valence-corrected chi connectivity index (χ0v) is 22.1. The summed E-state index contributed by atoms with van der Waals surface area (Å²) in [5.74, 6) is 0.804. The molecule has 2 heterocycles. The summed E-state index contributed by atoms with van der Waals surface area (Å²) in [6.07, 6.45) is 3.70. The van der Waals surface area contributed by atoms with Crippen LogP contribution in [0.25, 0.3) is 5.69 Å². The van der Waals surface area contributed by atoms with E-state index in [1.165, 1.54) is 0 Å². The van der Waals surface area contributed by atoms with E-state index in [1.807, 2.05) is 72.3 Å². The number of aromatic nitrogens is 2. The zero-order valence-electron chi connectivity index (χ0n) is 21.3. The van der Waals surface area contributed by atoms with Crippen molar-refractivity contribution in [1.29, 1.82) is 0 Å². The lowest BCUT2D eigenvalue weighted by Gasteiger charge is -2.34. The van der Waals surface area contributed by atoms with Gasteiger partial charge in [0.2, 0.25) is 10.0 Å². The summed E-state index contributed by atoms with van der Waals surface area (Å²) in [5, 5.41) is 2.98. The van der Waals surface area contributed by atoms with Gasteiger partial charge in [0.05, 0.1) is 4.90 Å². The second-order valence-electron chi connectivity index (χ2n) is 9.38.